The average molecular weight is 516 g/mol. The Morgan fingerprint density at radius 1 is 0.667 bits per heavy atom. The fraction of sp³-hybridized carbons (Fsp3) is 0.200. The minimum atomic E-state index is 0.977. The Hall–Kier alpha value is -1.54. The predicted octanol–water partition coefficient (Wildman–Crippen LogP) is 5.67. The van der Waals surface area contributed by atoms with Gasteiger partial charge >= 0.3 is 27.5 Å². The van der Waals surface area contributed by atoms with Crippen LogP contribution in [0.3, 0.4) is 0 Å². The third-order valence-electron chi connectivity index (χ3n) is 3.68. The zero-order valence-corrected chi connectivity index (χ0v) is 16.5. The molecule has 2 nitrogen and oxygen atoms in total. The molecule has 1 aliphatic carbocycles. The molecule has 0 unspecified atom stereocenters. The summed E-state index contributed by atoms with van der Waals surface area (Å²) in [5, 5.41) is 11.0. The maximum absolute atomic E-state index is 4.64. The van der Waals surface area contributed by atoms with Crippen LogP contribution in [0, 0.1) is 0 Å². The van der Waals surface area contributed by atoms with Gasteiger partial charge in [-0.25, -0.2) is 0 Å². The average Bonchev–Trinajstić information content (AvgIpc) is 2.63. The summed E-state index contributed by atoms with van der Waals surface area (Å²) in [6.45, 7) is 0. The summed E-state index contributed by atoms with van der Waals surface area (Å²) in [6, 6.07) is 4.15. The molecule has 0 bridgehead atoms. The second-order valence-corrected chi connectivity index (χ2v) is 5.31. The van der Waals surface area contributed by atoms with E-state index in [1.54, 1.807) is 12.4 Å². The van der Waals surface area contributed by atoms with Crippen LogP contribution in [-0.4, -0.2) is 0 Å². The van der Waals surface area contributed by atoms with Gasteiger partial charge in [-0.1, -0.05) is 60.7 Å². The van der Waals surface area contributed by atoms with Gasteiger partial charge in [0.25, 0.3) is 0 Å². The van der Waals surface area contributed by atoms with E-state index >= 15 is 0 Å². The van der Waals surface area contributed by atoms with E-state index in [0.29, 0.717) is 0 Å². The zero-order chi connectivity index (χ0) is 17.0. The summed E-state index contributed by atoms with van der Waals surface area (Å²) in [4.78, 5) is 0. The van der Waals surface area contributed by atoms with Crippen molar-refractivity contribution in [3.05, 3.63) is 82.1 Å². The van der Waals surface area contributed by atoms with E-state index < -0.39 is 0 Å². The summed E-state index contributed by atoms with van der Waals surface area (Å²) in [5.74, 6) is 0. The van der Waals surface area contributed by atoms with E-state index in [1.807, 2.05) is 12.2 Å². The SMILES string of the molecule is C1=C[N-]c2c3c(ccc2=C1)=CC=C[N-]3.C1=C\CC/C=C\CC/1.[Cl][Ir+2]. The number of allylic oxidation sites excluding steroid dienone is 6. The summed E-state index contributed by atoms with van der Waals surface area (Å²) < 4.78 is 0. The third kappa shape index (κ3) is 5.52. The number of hydrogen-bond acceptors (Lipinski definition) is 0. The topological polar surface area (TPSA) is 28.2 Å². The van der Waals surface area contributed by atoms with Crippen molar-refractivity contribution in [2.75, 3.05) is 0 Å². The summed E-state index contributed by atoms with van der Waals surface area (Å²) in [6.07, 6.45) is 25.6. The Kier molecular flexibility index (Phi) is 8.68. The van der Waals surface area contributed by atoms with Crippen LogP contribution in [0.15, 0.2) is 61.0 Å². The van der Waals surface area contributed by atoms with Gasteiger partial charge in [-0.2, -0.15) is 12.4 Å². The molecule has 1 aromatic carbocycles. The number of rotatable bonds is 0. The molecule has 0 spiro atoms. The van der Waals surface area contributed by atoms with Crippen molar-refractivity contribution < 1.29 is 17.9 Å². The molecule has 4 heteroatoms. The number of benzene rings is 1. The molecule has 1 aromatic rings. The number of nitrogens with zero attached hydrogens (tertiary/aromatic N) is 2. The van der Waals surface area contributed by atoms with Crippen LogP contribution in [0.25, 0.3) is 22.8 Å². The van der Waals surface area contributed by atoms with Gasteiger partial charge in [-0.05, 0) is 36.1 Å². The van der Waals surface area contributed by atoms with Crippen molar-refractivity contribution in [3.8, 4) is 0 Å². The number of hydrogen-bond donors (Lipinski definition) is 0. The Bertz CT molecular complexity index is 684. The van der Waals surface area contributed by atoms with Crippen molar-refractivity contribution >= 4 is 33.1 Å². The summed E-state index contributed by atoms with van der Waals surface area (Å²) in [5.41, 5.74) is 1.95. The molecule has 4 rings (SSSR count). The standard InChI is InChI=1S/C12H8N2.C8H12.ClH.Ir/c1-3-9-5-6-10-4-2-8-14-12(10)11(9)13-7-1;1-2-4-6-8-7-5-3-1;;/h1-8H;1-2,7-8H,3-6H2;1H;/q-2;;;+3/p-1/b;2-1-,8-7-;;. The molecule has 126 valence electrons. The van der Waals surface area contributed by atoms with Crippen LogP contribution < -0.4 is 10.4 Å². The molecule has 0 saturated carbocycles. The van der Waals surface area contributed by atoms with Gasteiger partial charge < -0.3 is 10.6 Å². The first-order chi connectivity index (χ1) is 11.9. The molecule has 3 aliphatic rings. The van der Waals surface area contributed by atoms with Crippen molar-refractivity contribution in [3.63, 3.8) is 0 Å². The maximum atomic E-state index is 4.64. The van der Waals surface area contributed by atoms with Gasteiger partial charge in [-0.15, -0.1) is 11.4 Å². The molecule has 0 aromatic heterocycles. The van der Waals surface area contributed by atoms with Crippen LogP contribution in [0.4, 0.5) is 11.4 Å². The van der Waals surface area contributed by atoms with Gasteiger partial charge in [0.2, 0.25) is 0 Å². The van der Waals surface area contributed by atoms with Gasteiger partial charge in [0.15, 0.2) is 0 Å². The molecule has 0 atom stereocenters. The van der Waals surface area contributed by atoms with E-state index in [0.717, 1.165) is 21.8 Å². The van der Waals surface area contributed by atoms with E-state index in [2.05, 4.69) is 68.8 Å². The first kappa shape index (κ1) is 18.8. The first-order valence-electron chi connectivity index (χ1n) is 7.96. The summed E-state index contributed by atoms with van der Waals surface area (Å²) >= 11 is 1.47. The molecular weight excluding hydrogens is 496 g/mol. The molecule has 2 heterocycles. The van der Waals surface area contributed by atoms with E-state index in [4.69, 9.17) is 0 Å². The van der Waals surface area contributed by atoms with Gasteiger partial charge in [0, 0.05) is 0 Å². The van der Waals surface area contributed by atoms with Crippen molar-refractivity contribution in [1.82, 2.24) is 0 Å². The molecule has 0 saturated heterocycles. The first-order valence-corrected chi connectivity index (χ1v) is 10.9. The van der Waals surface area contributed by atoms with Crippen LogP contribution in [0.1, 0.15) is 25.7 Å². The molecule has 0 amide bonds. The van der Waals surface area contributed by atoms with Crippen molar-refractivity contribution in [2.24, 2.45) is 0 Å². The Labute approximate surface area is 158 Å². The zero-order valence-electron chi connectivity index (χ0n) is 13.4. The van der Waals surface area contributed by atoms with Crippen LogP contribution >= 0.6 is 9.58 Å². The number of halogens is 1. The molecular formula is C20H20ClIrN2. The predicted molar refractivity (Wildman–Crippen MR) is 102 cm³/mol. The van der Waals surface area contributed by atoms with E-state index in [9.17, 15) is 0 Å². The number of fused-ring (bicyclic) bond motifs is 3. The molecule has 0 radical (unpaired) electrons. The van der Waals surface area contributed by atoms with Gasteiger partial charge in [-0.3, -0.25) is 0 Å². The van der Waals surface area contributed by atoms with Crippen LogP contribution in [0.2, 0.25) is 0 Å². The second-order valence-electron chi connectivity index (χ2n) is 5.31. The van der Waals surface area contributed by atoms with E-state index in [-0.39, 0.29) is 0 Å². The molecule has 2 aliphatic heterocycles. The van der Waals surface area contributed by atoms with Gasteiger partial charge in [0.1, 0.15) is 0 Å². The van der Waals surface area contributed by atoms with Crippen molar-refractivity contribution in [2.45, 2.75) is 25.7 Å². The molecule has 24 heavy (non-hydrogen) atoms. The molecule has 0 N–H and O–H groups in total. The van der Waals surface area contributed by atoms with Crippen molar-refractivity contribution in [1.29, 1.82) is 0 Å². The Morgan fingerprint density at radius 3 is 1.42 bits per heavy atom. The Morgan fingerprint density at radius 2 is 1.04 bits per heavy atom. The summed E-state index contributed by atoms with van der Waals surface area (Å²) in [7, 11) is 4.64. The van der Waals surface area contributed by atoms with Crippen LogP contribution in [0.5, 0.6) is 0 Å². The fourth-order valence-electron chi connectivity index (χ4n) is 2.54. The third-order valence-corrected chi connectivity index (χ3v) is 3.68. The second kappa shape index (κ2) is 11.1. The van der Waals surface area contributed by atoms with E-state index in [1.165, 1.54) is 43.6 Å². The monoisotopic (exact) mass is 516 g/mol. The van der Waals surface area contributed by atoms with Crippen LogP contribution in [-0.2, 0) is 17.9 Å². The molecule has 0 fully saturated rings. The fourth-order valence-corrected chi connectivity index (χ4v) is 2.54. The minimum absolute atomic E-state index is 0.977. The van der Waals surface area contributed by atoms with Gasteiger partial charge in [0.05, 0.1) is 0 Å². The quantitative estimate of drug-likeness (QED) is 0.398. The Balaban J connectivity index is 0.000000179. The normalized spacial score (nSPS) is 18.6.